The topological polar surface area (TPSA) is 59.2 Å². The van der Waals surface area contributed by atoms with Gasteiger partial charge in [0.1, 0.15) is 0 Å². The summed E-state index contributed by atoms with van der Waals surface area (Å²) in [7, 11) is 0. The van der Waals surface area contributed by atoms with Crippen molar-refractivity contribution in [3.8, 4) is 0 Å². The molecule has 6 heteroatoms. The van der Waals surface area contributed by atoms with Gasteiger partial charge in [-0.05, 0) is 54.7 Å². The van der Waals surface area contributed by atoms with Crippen molar-refractivity contribution in [2.45, 2.75) is 44.9 Å². The molecule has 0 spiro atoms. The van der Waals surface area contributed by atoms with E-state index in [4.69, 9.17) is 4.52 Å². The van der Waals surface area contributed by atoms with E-state index in [-0.39, 0.29) is 5.91 Å². The largest absolute Gasteiger partial charge is 0.342 e. The van der Waals surface area contributed by atoms with Gasteiger partial charge in [0.05, 0.1) is 6.42 Å². The number of rotatable bonds is 6. The lowest BCUT2D eigenvalue weighted by Crippen LogP contribution is -2.38. The molecule has 0 aliphatic carbocycles. The van der Waals surface area contributed by atoms with Crippen molar-refractivity contribution in [3.63, 3.8) is 0 Å². The van der Waals surface area contributed by atoms with E-state index in [1.165, 1.54) is 16.0 Å². The normalized spacial score (nSPS) is 13.9. The van der Waals surface area contributed by atoms with Crippen molar-refractivity contribution >= 4 is 17.2 Å². The van der Waals surface area contributed by atoms with Crippen LogP contribution in [0, 0.1) is 6.92 Å². The van der Waals surface area contributed by atoms with Crippen LogP contribution < -0.4 is 0 Å². The van der Waals surface area contributed by atoms with Crippen LogP contribution in [-0.4, -0.2) is 34.0 Å². The second-order valence-corrected chi connectivity index (χ2v) is 9.58. The molecule has 2 aromatic heterocycles. The summed E-state index contributed by atoms with van der Waals surface area (Å²) in [5, 5.41) is 5.77. The average Bonchev–Trinajstić information content (AvgIpc) is 3.56. The summed E-state index contributed by atoms with van der Waals surface area (Å²) in [6.45, 7) is 3.61. The molecule has 34 heavy (non-hydrogen) atoms. The Morgan fingerprint density at radius 3 is 2.29 bits per heavy atom. The fourth-order valence-corrected chi connectivity index (χ4v) is 4.89. The molecule has 1 saturated heterocycles. The van der Waals surface area contributed by atoms with Crippen LogP contribution in [0.3, 0.4) is 0 Å². The molecular weight excluding hydrogens is 442 g/mol. The van der Waals surface area contributed by atoms with Gasteiger partial charge in [0.25, 0.3) is 0 Å². The molecule has 1 fully saturated rings. The SMILES string of the molecule is Cc1noc(CCc2ccccc2)n1.O=C(Cc1cccs1)N1CCC(c2ccccc2)CC1. The Morgan fingerprint density at radius 2 is 1.68 bits per heavy atom. The number of likely N-dealkylation sites (tertiary alicyclic amines) is 1. The molecule has 4 aromatic rings. The Morgan fingerprint density at radius 1 is 0.971 bits per heavy atom. The summed E-state index contributed by atoms with van der Waals surface area (Å²) in [4.78, 5) is 19.6. The first-order valence-electron chi connectivity index (χ1n) is 11.9. The average molecular weight is 474 g/mol. The summed E-state index contributed by atoms with van der Waals surface area (Å²) in [6.07, 6.45) is 4.49. The van der Waals surface area contributed by atoms with Crippen molar-refractivity contribution in [1.82, 2.24) is 15.0 Å². The lowest BCUT2D eigenvalue weighted by molar-refractivity contribution is -0.131. The standard InChI is InChI=1S/C17H19NOS.C11H12N2O/c19-17(13-16-7-4-12-20-16)18-10-8-15(9-11-18)14-5-2-1-3-6-14;1-9-12-11(14-13-9)8-7-10-5-3-2-4-6-10/h1-7,12,15H,8-11,13H2;2-6H,7-8H2,1H3. The van der Waals surface area contributed by atoms with E-state index >= 15 is 0 Å². The Balaban J connectivity index is 0.000000172. The smallest absolute Gasteiger partial charge is 0.227 e. The van der Waals surface area contributed by atoms with Crippen molar-refractivity contribution in [2.24, 2.45) is 0 Å². The third kappa shape index (κ3) is 7.12. The van der Waals surface area contributed by atoms with Crippen LogP contribution in [0.25, 0.3) is 0 Å². The second-order valence-electron chi connectivity index (χ2n) is 8.54. The molecule has 0 bridgehead atoms. The van der Waals surface area contributed by atoms with E-state index in [0.717, 1.165) is 38.8 Å². The number of amides is 1. The third-order valence-electron chi connectivity index (χ3n) is 6.06. The van der Waals surface area contributed by atoms with Crippen LogP contribution in [-0.2, 0) is 24.1 Å². The molecule has 2 aromatic carbocycles. The highest BCUT2D eigenvalue weighted by Crippen LogP contribution is 2.28. The molecule has 176 valence electrons. The van der Waals surface area contributed by atoms with Crippen LogP contribution in [0.1, 0.15) is 46.5 Å². The number of carbonyl (C=O) groups excluding carboxylic acids is 1. The van der Waals surface area contributed by atoms with Crippen molar-refractivity contribution < 1.29 is 9.32 Å². The third-order valence-corrected chi connectivity index (χ3v) is 6.94. The molecule has 0 N–H and O–H groups in total. The Labute approximate surface area is 205 Å². The molecule has 3 heterocycles. The van der Waals surface area contributed by atoms with Crippen LogP contribution >= 0.6 is 11.3 Å². The van der Waals surface area contributed by atoms with Crippen LogP contribution in [0.4, 0.5) is 0 Å². The zero-order valence-electron chi connectivity index (χ0n) is 19.6. The van der Waals surface area contributed by atoms with Gasteiger partial charge in [-0.25, -0.2) is 0 Å². The first kappa shape index (κ1) is 23.9. The lowest BCUT2D eigenvalue weighted by Gasteiger charge is -2.32. The quantitative estimate of drug-likeness (QED) is 0.352. The van der Waals surface area contributed by atoms with Crippen molar-refractivity contribution in [2.75, 3.05) is 13.1 Å². The Hall–Kier alpha value is -3.25. The van der Waals surface area contributed by atoms with Gasteiger partial charge in [-0.1, -0.05) is 71.9 Å². The number of aryl methyl sites for hydroxylation is 3. The zero-order valence-corrected chi connectivity index (χ0v) is 20.4. The molecule has 1 amide bonds. The lowest BCUT2D eigenvalue weighted by atomic mass is 9.89. The maximum Gasteiger partial charge on any atom is 0.227 e. The van der Waals surface area contributed by atoms with Gasteiger partial charge < -0.3 is 9.42 Å². The molecule has 0 radical (unpaired) electrons. The van der Waals surface area contributed by atoms with Crippen LogP contribution in [0.15, 0.2) is 82.7 Å². The highest BCUT2D eigenvalue weighted by Gasteiger charge is 2.23. The minimum atomic E-state index is 0.277. The fourth-order valence-electron chi connectivity index (χ4n) is 4.20. The van der Waals surface area contributed by atoms with E-state index in [1.54, 1.807) is 11.3 Å². The molecule has 0 saturated carbocycles. The van der Waals surface area contributed by atoms with E-state index in [0.29, 0.717) is 24.1 Å². The van der Waals surface area contributed by atoms with E-state index in [1.807, 2.05) is 47.5 Å². The van der Waals surface area contributed by atoms with E-state index in [2.05, 4.69) is 52.6 Å². The predicted molar refractivity (Wildman–Crippen MR) is 136 cm³/mol. The number of hydrogen-bond acceptors (Lipinski definition) is 5. The molecule has 1 aliphatic heterocycles. The molecule has 0 atom stereocenters. The summed E-state index contributed by atoms with van der Waals surface area (Å²) in [5.74, 6) is 2.31. The van der Waals surface area contributed by atoms with Crippen molar-refractivity contribution in [3.05, 3.63) is 106 Å². The summed E-state index contributed by atoms with van der Waals surface area (Å²) in [6, 6.07) is 25.0. The van der Waals surface area contributed by atoms with Gasteiger partial charge in [-0.2, -0.15) is 4.98 Å². The number of piperidine rings is 1. The van der Waals surface area contributed by atoms with Gasteiger partial charge in [-0.3, -0.25) is 4.79 Å². The predicted octanol–water partition coefficient (Wildman–Crippen LogP) is 5.86. The van der Waals surface area contributed by atoms with Gasteiger partial charge in [0.2, 0.25) is 11.8 Å². The van der Waals surface area contributed by atoms with Crippen molar-refractivity contribution in [1.29, 1.82) is 0 Å². The summed E-state index contributed by atoms with van der Waals surface area (Å²) in [5.41, 5.74) is 2.71. The summed E-state index contributed by atoms with van der Waals surface area (Å²) >= 11 is 1.67. The number of carbonyl (C=O) groups is 1. The van der Waals surface area contributed by atoms with Gasteiger partial charge in [0.15, 0.2) is 5.82 Å². The maximum absolute atomic E-state index is 12.2. The Bertz CT molecular complexity index is 1120. The monoisotopic (exact) mass is 473 g/mol. The first-order valence-corrected chi connectivity index (χ1v) is 12.7. The number of thiophene rings is 1. The number of benzene rings is 2. The van der Waals surface area contributed by atoms with Gasteiger partial charge >= 0.3 is 0 Å². The number of aromatic nitrogens is 2. The van der Waals surface area contributed by atoms with E-state index in [9.17, 15) is 4.79 Å². The molecule has 0 unspecified atom stereocenters. The molecule has 5 rings (SSSR count). The molecule has 1 aliphatic rings. The fraction of sp³-hybridized carbons (Fsp3) is 0.321. The minimum absolute atomic E-state index is 0.277. The van der Waals surface area contributed by atoms with Crippen LogP contribution in [0.2, 0.25) is 0 Å². The Kier molecular flexibility index (Phi) is 8.63. The summed E-state index contributed by atoms with van der Waals surface area (Å²) < 4.78 is 5.02. The molecular formula is C28H31N3O2S. The van der Waals surface area contributed by atoms with Crippen LogP contribution in [0.5, 0.6) is 0 Å². The first-order chi connectivity index (χ1) is 16.7. The second kappa shape index (κ2) is 12.3. The highest BCUT2D eigenvalue weighted by molar-refractivity contribution is 7.10. The minimum Gasteiger partial charge on any atom is -0.342 e. The van der Waals surface area contributed by atoms with E-state index < -0.39 is 0 Å². The number of hydrogen-bond donors (Lipinski definition) is 0. The van der Waals surface area contributed by atoms with Gasteiger partial charge in [0, 0.05) is 24.4 Å². The molecule has 5 nitrogen and oxygen atoms in total. The highest BCUT2D eigenvalue weighted by atomic mass is 32.1. The number of nitrogens with zero attached hydrogens (tertiary/aromatic N) is 3. The maximum atomic E-state index is 12.2. The van der Waals surface area contributed by atoms with Gasteiger partial charge in [-0.15, -0.1) is 11.3 Å². The zero-order chi connectivity index (χ0) is 23.6.